The van der Waals surface area contributed by atoms with E-state index in [0.717, 1.165) is 31.6 Å². The van der Waals surface area contributed by atoms with Gasteiger partial charge in [-0.25, -0.2) is 4.98 Å². The normalized spacial score (nSPS) is 14.0. The summed E-state index contributed by atoms with van der Waals surface area (Å²) in [4.78, 5) is 4.59. The van der Waals surface area contributed by atoms with E-state index in [4.69, 9.17) is 5.26 Å². The third-order valence-electron chi connectivity index (χ3n) is 2.96. The third-order valence-corrected chi connectivity index (χ3v) is 2.96. The minimum atomic E-state index is 0.689. The summed E-state index contributed by atoms with van der Waals surface area (Å²) in [6, 6.07) is 4.24. The van der Waals surface area contributed by atoms with Crippen molar-refractivity contribution in [2.75, 3.05) is 11.9 Å². The maximum atomic E-state index is 9.09. The van der Waals surface area contributed by atoms with E-state index in [1.54, 1.807) is 0 Å². The Morgan fingerprint density at radius 1 is 1.44 bits per heavy atom. The molecule has 2 rings (SSSR count). The molecule has 16 heavy (non-hydrogen) atoms. The van der Waals surface area contributed by atoms with E-state index in [0.29, 0.717) is 5.56 Å². The first-order valence-electron chi connectivity index (χ1n) is 6.02. The molecule has 0 unspecified atom stereocenters. The van der Waals surface area contributed by atoms with Gasteiger partial charge < -0.3 is 5.32 Å². The van der Waals surface area contributed by atoms with Crippen LogP contribution in [0, 0.1) is 11.3 Å². The third kappa shape index (κ3) is 2.16. The zero-order chi connectivity index (χ0) is 11.4. The fraction of sp³-hybridized carbons (Fsp3) is 0.538. The van der Waals surface area contributed by atoms with Crippen LogP contribution in [0.5, 0.6) is 0 Å². The Hall–Kier alpha value is -1.56. The van der Waals surface area contributed by atoms with Crippen molar-refractivity contribution in [1.82, 2.24) is 4.98 Å². The predicted octanol–water partition coefficient (Wildman–Crippen LogP) is 2.65. The zero-order valence-electron chi connectivity index (χ0n) is 9.71. The number of anilines is 1. The van der Waals surface area contributed by atoms with Gasteiger partial charge in [0, 0.05) is 12.2 Å². The SMILES string of the molecule is CCCNc1nc2c(cc1C#N)CCCC2. The molecule has 0 fully saturated rings. The first kappa shape index (κ1) is 10.9. The van der Waals surface area contributed by atoms with Crippen molar-refractivity contribution in [1.29, 1.82) is 5.26 Å². The molecule has 0 bridgehead atoms. The molecule has 1 heterocycles. The highest BCUT2D eigenvalue weighted by Crippen LogP contribution is 2.24. The maximum Gasteiger partial charge on any atom is 0.144 e. The van der Waals surface area contributed by atoms with Crippen LogP contribution >= 0.6 is 0 Å². The lowest BCUT2D eigenvalue weighted by molar-refractivity contribution is 0.668. The minimum Gasteiger partial charge on any atom is -0.369 e. The van der Waals surface area contributed by atoms with Gasteiger partial charge in [0.25, 0.3) is 0 Å². The Balaban J connectivity index is 2.32. The maximum absolute atomic E-state index is 9.09. The number of rotatable bonds is 3. The number of aryl methyl sites for hydroxylation is 2. The molecular formula is C13H17N3. The Bertz CT molecular complexity index is 418. The van der Waals surface area contributed by atoms with Gasteiger partial charge in [0.1, 0.15) is 11.9 Å². The molecule has 1 N–H and O–H groups in total. The summed E-state index contributed by atoms with van der Waals surface area (Å²) in [6.45, 7) is 2.98. The van der Waals surface area contributed by atoms with Crippen LogP contribution in [0.2, 0.25) is 0 Å². The smallest absolute Gasteiger partial charge is 0.144 e. The summed E-state index contributed by atoms with van der Waals surface area (Å²) < 4.78 is 0. The van der Waals surface area contributed by atoms with Crippen molar-refractivity contribution >= 4 is 5.82 Å². The van der Waals surface area contributed by atoms with Gasteiger partial charge in [0.15, 0.2) is 0 Å². The molecule has 0 aliphatic heterocycles. The van der Waals surface area contributed by atoms with Gasteiger partial charge in [-0.2, -0.15) is 5.26 Å². The molecular weight excluding hydrogens is 198 g/mol. The Morgan fingerprint density at radius 2 is 2.25 bits per heavy atom. The van der Waals surface area contributed by atoms with Crippen molar-refractivity contribution in [3.05, 3.63) is 22.9 Å². The quantitative estimate of drug-likeness (QED) is 0.843. The van der Waals surface area contributed by atoms with Gasteiger partial charge in [0.05, 0.1) is 5.56 Å². The van der Waals surface area contributed by atoms with Gasteiger partial charge in [0.2, 0.25) is 0 Å². The van der Waals surface area contributed by atoms with Crippen LogP contribution in [0.15, 0.2) is 6.07 Å². The molecule has 0 radical (unpaired) electrons. The molecule has 0 amide bonds. The van der Waals surface area contributed by atoms with Crippen molar-refractivity contribution in [2.24, 2.45) is 0 Å². The lowest BCUT2D eigenvalue weighted by atomic mass is 9.95. The van der Waals surface area contributed by atoms with Gasteiger partial charge in [-0.15, -0.1) is 0 Å². The van der Waals surface area contributed by atoms with Crippen molar-refractivity contribution in [2.45, 2.75) is 39.0 Å². The van der Waals surface area contributed by atoms with Crippen LogP contribution in [-0.2, 0) is 12.8 Å². The standard InChI is InChI=1S/C13H17N3/c1-2-7-15-13-11(9-14)8-10-5-3-4-6-12(10)16-13/h8H,2-7H2,1H3,(H,15,16). The number of nitrogens with zero attached hydrogens (tertiary/aromatic N) is 2. The summed E-state index contributed by atoms with van der Waals surface area (Å²) in [5.74, 6) is 0.769. The fourth-order valence-electron chi connectivity index (χ4n) is 2.10. The molecule has 3 heteroatoms. The average Bonchev–Trinajstić information content (AvgIpc) is 2.35. The number of hydrogen-bond acceptors (Lipinski definition) is 3. The Morgan fingerprint density at radius 3 is 3.00 bits per heavy atom. The zero-order valence-corrected chi connectivity index (χ0v) is 9.71. The number of hydrogen-bond donors (Lipinski definition) is 1. The lowest BCUT2D eigenvalue weighted by Gasteiger charge is -2.17. The monoisotopic (exact) mass is 215 g/mol. The Labute approximate surface area is 96.5 Å². The molecule has 0 saturated heterocycles. The number of nitrogens with one attached hydrogen (secondary N) is 1. The van der Waals surface area contributed by atoms with Crippen molar-refractivity contribution in [3.63, 3.8) is 0 Å². The first-order valence-corrected chi connectivity index (χ1v) is 6.02. The topological polar surface area (TPSA) is 48.7 Å². The number of nitriles is 1. The molecule has 1 aromatic heterocycles. The summed E-state index contributed by atoms with van der Waals surface area (Å²) in [5.41, 5.74) is 3.14. The van der Waals surface area contributed by atoms with E-state index < -0.39 is 0 Å². The van der Waals surface area contributed by atoms with Crippen LogP contribution in [0.1, 0.15) is 43.0 Å². The highest BCUT2D eigenvalue weighted by Gasteiger charge is 2.14. The molecule has 0 saturated carbocycles. The Kier molecular flexibility index (Phi) is 3.40. The molecule has 84 valence electrons. The summed E-state index contributed by atoms with van der Waals surface area (Å²) >= 11 is 0. The predicted molar refractivity (Wildman–Crippen MR) is 64.4 cm³/mol. The van der Waals surface area contributed by atoms with Crippen LogP contribution in [0.4, 0.5) is 5.82 Å². The van der Waals surface area contributed by atoms with Crippen molar-refractivity contribution in [3.8, 4) is 6.07 Å². The molecule has 0 aromatic carbocycles. The molecule has 1 aliphatic rings. The molecule has 1 aliphatic carbocycles. The second-order valence-corrected chi connectivity index (χ2v) is 4.24. The van der Waals surface area contributed by atoms with E-state index in [9.17, 15) is 0 Å². The number of fused-ring (bicyclic) bond motifs is 1. The van der Waals surface area contributed by atoms with E-state index >= 15 is 0 Å². The van der Waals surface area contributed by atoms with Gasteiger partial charge >= 0.3 is 0 Å². The lowest BCUT2D eigenvalue weighted by Crippen LogP contribution is -2.11. The van der Waals surface area contributed by atoms with Gasteiger partial charge in [-0.1, -0.05) is 6.92 Å². The molecule has 1 aromatic rings. The second-order valence-electron chi connectivity index (χ2n) is 4.24. The van der Waals surface area contributed by atoms with Crippen molar-refractivity contribution < 1.29 is 0 Å². The number of pyridine rings is 1. The van der Waals surface area contributed by atoms with E-state index in [1.807, 2.05) is 6.07 Å². The van der Waals surface area contributed by atoms with E-state index in [2.05, 4.69) is 23.3 Å². The summed E-state index contributed by atoms with van der Waals surface area (Å²) in [5, 5.41) is 12.3. The summed E-state index contributed by atoms with van der Waals surface area (Å²) in [6.07, 6.45) is 5.62. The number of aromatic nitrogens is 1. The highest BCUT2D eigenvalue weighted by atomic mass is 15.0. The van der Waals surface area contributed by atoms with Crippen LogP contribution in [-0.4, -0.2) is 11.5 Å². The largest absolute Gasteiger partial charge is 0.369 e. The molecule has 3 nitrogen and oxygen atoms in total. The molecule has 0 spiro atoms. The second kappa shape index (κ2) is 4.98. The minimum absolute atomic E-state index is 0.689. The average molecular weight is 215 g/mol. The van der Waals surface area contributed by atoms with Crippen LogP contribution in [0.3, 0.4) is 0 Å². The van der Waals surface area contributed by atoms with Crippen LogP contribution in [0.25, 0.3) is 0 Å². The first-order chi connectivity index (χ1) is 7.85. The fourth-order valence-corrected chi connectivity index (χ4v) is 2.10. The summed E-state index contributed by atoms with van der Waals surface area (Å²) in [7, 11) is 0. The molecule has 0 atom stereocenters. The van der Waals surface area contributed by atoms with Gasteiger partial charge in [-0.3, -0.25) is 0 Å². The highest BCUT2D eigenvalue weighted by molar-refractivity contribution is 5.54. The van der Waals surface area contributed by atoms with E-state index in [-0.39, 0.29) is 0 Å². The van der Waals surface area contributed by atoms with E-state index in [1.165, 1.54) is 24.1 Å². The van der Waals surface area contributed by atoms with Crippen LogP contribution < -0.4 is 5.32 Å². The van der Waals surface area contributed by atoms with Gasteiger partial charge in [-0.05, 0) is 43.7 Å².